The summed E-state index contributed by atoms with van der Waals surface area (Å²) in [6.45, 7) is 4.19. The Hall–Kier alpha value is -1.64. The fourth-order valence-electron chi connectivity index (χ4n) is 1.31. The lowest BCUT2D eigenvalue weighted by Crippen LogP contribution is -1.99. The third-order valence-electron chi connectivity index (χ3n) is 2.13. The minimum Gasteiger partial charge on any atom is -0.494 e. The van der Waals surface area contributed by atoms with Gasteiger partial charge >= 0.3 is 0 Å². The predicted molar refractivity (Wildman–Crippen MR) is 57.5 cm³/mol. The Labute approximate surface area is 89.1 Å². The summed E-state index contributed by atoms with van der Waals surface area (Å²) in [6.07, 6.45) is 1.60. The summed E-state index contributed by atoms with van der Waals surface area (Å²) >= 11 is 0. The summed E-state index contributed by atoms with van der Waals surface area (Å²) < 4.78 is 5.31. The molecule has 1 unspecified atom stereocenters. The summed E-state index contributed by atoms with van der Waals surface area (Å²) in [5.41, 5.74) is 1.34. The maximum absolute atomic E-state index is 10.7. The van der Waals surface area contributed by atoms with Crippen LogP contribution in [0.3, 0.4) is 0 Å². The highest BCUT2D eigenvalue weighted by Crippen LogP contribution is 2.21. The van der Waals surface area contributed by atoms with Crippen molar-refractivity contribution >= 4 is 12.6 Å². The molecule has 0 radical (unpaired) electrons. The lowest BCUT2D eigenvalue weighted by atomic mass is 10.0. The molecule has 1 atom stereocenters. The zero-order valence-electron chi connectivity index (χ0n) is 8.90. The molecular formula is C12H14O3. The molecule has 1 aromatic carbocycles. The first-order valence-electron chi connectivity index (χ1n) is 4.89. The Morgan fingerprint density at radius 1 is 1.33 bits per heavy atom. The average Bonchev–Trinajstić information content (AvgIpc) is 2.28. The highest BCUT2D eigenvalue weighted by molar-refractivity contribution is 5.77. The van der Waals surface area contributed by atoms with E-state index in [1.807, 2.05) is 6.92 Å². The predicted octanol–water partition coefficient (Wildman–Crippen LogP) is 2.20. The molecule has 0 aromatic heterocycles. The van der Waals surface area contributed by atoms with E-state index in [4.69, 9.17) is 4.74 Å². The van der Waals surface area contributed by atoms with Crippen LogP contribution in [0, 0.1) is 0 Å². The first kappa shape index (κ1) is 11.4. The summed E-state index contributed by atoms with van der Waals surface area (Å²) in [5.74, 6) is 0.412. The minimum atomic E-state index is -0.218. The largest absolute Gasteiger partial charge is 0.494 e. The van der Waals surface area contributed by atoms with Crippen LogP contribution in [-0.4, -0.2) is 19.2 Å². The van der Waals surface area contributed by atoms with E-state index in [2.05, 4.69) is 0 Å². The van der Waals surface area contributed by atoms with Crippen LogP contribution in [0.4, 0.5) is 0 Å². The molecule has 1 rings (SSSR count). The summed E-state index contributed by atoms with van der Waals surface area (Å²) in [4.78, 5) is 21.3. The maximum Gasteiger partial charge on any atom is 0.150 e. The van der Waals surface area contributed by atoms with Crippen molar-refractivity contribution in [1.82, 2.24) is 0 Å². The third-order valence-corrected chi connectivity index (χ3v) is 2.13. The molecule has 0 amide bonds. The Morgan fingerprint density at radius 3 is 2.60 bits per heavy atom. The van der Waals surface area contributed by atoms with Gasteiger partial charge in [0.2, 0.25) is 0 Å². The van der Waals surface area contributed by atoms with Crippen LogP contribution < -0.4 is 4.74 Å². The van der Waals surface area contributed by atoms with Crippen molar-refractivity contribution in [3.05, 3.63) is 29.3 Å². The van der Waals surface area contributed by atoms with E-state index in [1.165, 1.54) is 0 Å². The smallest absolute Gasteiger partial charge is 0.150 e. The van der Waals surface area contributed by atoms with Crippen molar-refractivity contribution in [3.8, 4) is 5.75 Å². The Balaban J connectivity index is 3.10. The molecular weight excluding hydrogens is 192 g/mol. The second-order valence-electron chi connectivity index (χ2n) is 3.31. The molecule has 0 fully saturated rings. The maximum atomic E-state index is 10.7. The normalized spacial score (nSPS) is 11.9. The number of hydrogen-bond donors (Lipinski definition) is 0. The van der Waals surface area contributed by atoms with E-state index in [1.54, 1.807) is 25.1 Å². The van der Waals surface area contributed by atoms with Crippen molar-refractivity contribution < 1.29 is 14.3 Å². The molecule has 15 heavy (non-hydrogen) atoms. The van der Waals surface area contributed by atoms with E-state index in [-0.39, 0.29) is 5.92 Å². The van der Waals surface area contributed by atoms with Gasteiger partial charge in [0, 0.05) is 11.5 Å². The highest BCUT2D eigenvalue weighted by atomic mass is 16.5. The second-order valence-corrected chi connectivity index (χ2v) is 3.31. The summed E-state index contributed by atoms with van der Waals surface area (Å²) in [5, 5.41) is 0. The number of benzene rings is 1. The average molecular weight is 206 g/mol. The number of ether oxygens (including phenoxy) is 1. The molecule has 0 aliphatic carbocycles. The van der Waals surface area contributed by atoms with Crippen molar-refractivity contribution in [3.63, 3.8) is 0 Å². The van der Waals surface area contributed by atoms with Gasteiger partial charge in [0.1, 0.15) is 18.3 Å². The van der Waals surface area contributed by atoms with Crippen LogP contribution in [0.1, 0.15) is 35.7 Å². The number of carbonyl (C=O) groups excluding carboxylic acids is 2. The van der Waals surface area contributed by atoms with Crippen molar-refractivity contribution in [2.45, 2.75) is 19.8 Å². The summed E-state index contributed by atoms with van der Waals surface area (Å²) in [7, 11) is 0. The Bertz CT molecular complexity index is 358. The van der Waals surface area contributed by atoms with Gasteiger partial charge in [-0.25, -0.2) is 0 Å². The van der Waals surface area contributed by atoms with Crippen LogP contribution >= 0.6 is 0 Å². The van der Waals surface area contributed by atoms with E-state index < -0.39 is 0 Å². The summed E-state index contributed by atoms with van der Waals surface area (Å²) in [6, 6.07) is 5.15. The highest BCUT2D eigenvalue weighted by Gasteiger charge is 2.07. The molecule has 0 saturated carbocycles. The van der Waals surface area contributed by atoms with Crippen LogP contribution in [0.5, 0.6) is 5.75 Å². The van der Waals surface area contributed by atoms with E-state index >= 15 is 0 Å². The molecule has 1 aromatic rings. The number of rotatable bonds is 5. The molecule has 80 valence electrons. The quantitative estimate of drug-likeness (QED) is 0.693. The molecule has 0 bridgehead atoms. The van der Waals surface area contributed by atoms with Crippen molar-refractivity contribution in [2.24, 2.45) is 0 Å². The molecule has 3 nitrogen and oxygen atoms in total. The first-order valence-corrected chi connectivity index (χ1v) is 4.89. The van der Waals surface area contributed by atoms with Gasteiger partial charge in [-0.15, -0.1) is 0 Å². The van der Waals surface area contributed by atoms with Gasteiger partial charge in [-0.2, -0.15) is 0 Å². The van der Waals surface area contributed by atoms with Gasteiger partial charge in [0.25, 0.3) is 0 Å². The van der Waals surface area contributed by atoms with Crippen LogP contribution in [0.25, 0.3) is 0 Å². The zero-order valence-corrected chi connectivity index (χ0v) is 8.90. The zero-order chi connectivity index (χ0) is 11.3. The topological polar surface area (TPSA) is 43.4 Å². The molecule has 0 spiro atoms. The Kier molecular flexibility index (Phi) is 4.03. The van der Waals surface area contributed by atoms with E-state index in [0.29, 0.717) is 17.9 Å². The van der Waals surface area contributed by atoms with Crippen molar-refractivity contribution in [1.29, 1.82) is 0 Å². The van der Waals surface area contributed by atoms with Crippen molar-refractivity contribution in [2.75, 3.05) is 6.61 Å². The molecule has 0 heterocycles. The van der Waals surface area contributed by atoms with Gasteiger partial charge in [0.15, 0.2) is 0 Å². The van der Waals surface area contributed by atoms with Crippen LogP contribution in [0.15, 0.2) is 18.2 Å². The second kappa shape index (κ2) is 5.29. The third kappa shape index (κ3) is 2.91. The molecule has 0 aliphatic rings. The van der Waals surface area contributed by atoms with Gasteiger partial charge in [-0.1, -0.05) is 6.92 Å². The standard InChI is InChI=1S/C12H14O3/c1-3-15-12-5-10(8-14)4-11(6-12)9(2)7-13/h4-9H,3H2,1-2H3. The van der Waals surface area contributed by atoms with Gasteiger partial charge in [0.05, 0.1) is 6.61 Å². The number of aldehydes is 2. The lowest BCUT2D eigenvalue weighted by molar-refractivity contribution is -0.108. The molecule has 0 aliphatic heterocycles. The Morgan fingerprint density at radius 2 is 2.07 bits per heavy atom. The lowest BCUT2D eigenvalue weighted by Gasteiger charge is -2.09. The fraction of sp³-hybridized carbons (Fsp3) is 0.333. The SMILES string of the molecule is CCOc1cc(C=O)cc(C(C)C=O)c1. The monoisotopic (exact) mass is 206 g/mol. The van der Waals surface area contributed by atoms with E-state index in [0.717, 1.165) is 18.1 Å². The van der Waals surface area contributed by atoms with Crippen LogP contribution in [-0.2, 0) is 4.79 Å². The fourth-order valence-corrected chi connectivity index (χ4v) is 1.31. The van der Waals surface area contributed by atoms with Gasteiger partial charge < -0.3 is 9.53 Å². The molecule has 0 N–H and O–H groups in total. The number of carbonyl (C=O) groups is 2. The first-order chi connectivity index (χ1) is 7.21. The van der Waals surface area contributed by atoms with Gasteiger partial charge in [-0.05, 0) is 30.7 Å². The van der Waals surface area contributed by atoms with Crippen LogP contribution in [0.2, 0.25) is 0 Å². The number of hydrogen-bond acceptors (Lipinski definition) is 3. The van der Waals surface area contributed by atoms with Gasteiger partial charge in [-0.3, -0.25) is 4.79 Å². The molecule has 0 saturated heterocycles. The minimum absolute atomic E-state index is 0.218. The van der Waals surface area contributed by atoms with E-state index in [9.17, 15) is 9.59 Å². The molecule has 3 heteroatoms.